The fourth-order valence-electron chi connectivity index (χ4n) is 1.11. The van der Waals surface area contributed by atoms with E-state index in [1.807, 2.05) is 0 Å². The van der Waals surface area contributed by atoms with Crippen molar-refractivity contribution >= 4 is 0 Å². The van der Waals surface area contributed by atoms with Gasteiger partial charge in [-0.1, -0.05) is 0 Å². The molecule has 0 saturated carbocycles. The van der Waals surface area contributed by atoms with Gasteiger partial charge in [0.2, 0.25) is 0 Å². The summed E-state index contributed by atoms with van der Waals surface area (Å²) in [6.07, 6.45) is 0.969. The van der Waals surface area contributed by atoms with Crippen LogP contribution in [0.5, 0.6) is 0 Å². The normalized spacial score (nSPS) is 23.5. The third-order valence-corrected chi connectivity index (χ3v) is 1.84. The van der Waals surface area contributed by atoms with Crippen LogP contribution in [0, 0.1) is 5.92 Å². The van der Waals surface area contributed by atoms with E-state index in [1.165, 1.54) is 5.92 Å². The van der Waals surface area contributed by atoms with E-state index in [-0.39, 0.29) is 0 Å². The summed E-state index contributed by atoms with van der Waals surface area (Å²) in [5, 5.41) is 1.78. The second kappa shape index (κ2) is 6.37. The molecule has 0 aromatic heterocycles. The molecule has 0 aliphatic carbocycles. The van der Waals surface area contributed by atoms with Gasteiger partial charge in [0, 0.05) is 13.2 Å². The van der Waals surface area contributed by atoms with Crippen LogP contribution in [0.25, 0.3) is 0 Å². The standard InChI is InChI=1S/C8H17N2O2.Lr/c1-8-2-4-11-7-12-5-3-10(9)6-8;/h2-7,9H2,1H3;/q-1;. The van der Waals surface area contributed by atoms with Crippen LogP contribution in [0.15, 0.2) is 0 Å². The van der Waals surface area contributed by atoms with Crippen molar-refractivity contribution in [2.45, 2.75) is 13.3 Å². The quantitative estimate of drug-likeness (QED) is 0.435. The monoisotopic (exact) mass is 435 g/mol. The summed E-state index contributed by atoms with van der Waals surface area (Å²) >= 11 is 0. The minimum atomic E-state index is 0. The maximum atomic E-state index is 5.71. The zero-order valence-corrected chi connectivity index (χ0v) is 9.99. The molecule has 0 atom stereocenters. The molecule has 1 radical (unpaired) electrons. The summed E-state index contributed by atoms with van der Waals surface area (Å²) in [6.45, 7) is 5.48. The molecule has 5 heteroatoms. The average Bonchev–Trinajstić information content (AvgIpc) is 2.02. The Morgan fingerprint density at radius 3 is 2.77 bits per heavy atom. The van der Waals surface area contributed by atoms with Gasteiger partial charge in [-0.3, -0.25) is 16.8 Å². The Kier molecular flexibility index (Phi) is 5.80. The molecule has 1 saturated heterocycles. The minimum absolute atomic E-state index is 0. The van der Waals surface area contributed by atoms with E-state index in [9.17, 15) is 0 Å². The van der Waals surface area contributed by atoms with Crippen LogP contribution in [-0.4, -0.2) is 38.1 Å². The number of hydrazine groups is 1. The number of nitrogens with two attached hydrogens (primary N) is 1. The number of ether oxygens (including phenoxy) is 2. The van der Waals surface area contributed by atoms with Crippen LogP contribution in [0.1, 0.15) is 13.3 Å². The zero-order valence-electron chi connectivity index (χ0n) is 7.84. The Morgan fingerprint density at radius 1 is 1.31 bits per heavy atom. The Morgan fingerprint density at radius 2 is 2.00 bits per heavy atom. The summed E-state index contributed by atoms with van der Waals surface area (Å²) in [6, 6.07) is 0. The third kappa shape index (κ3) is 5.14. The Labute approximate surface area is 73.6 Å². The van der Waals surface area contributed by atoms with Crippen LogP contribution in [0.4, 0.5) is 0 Å². The third-order valence-electron chi connectivity index (χ3n) is 1.84. The van der Waals surface area contributed by atoms with Gasteiger partial charge in [-0.25, -0.2) is 0 Å². The number of nitrogens with zero attached hydrogens (tertiary/aromatic N) is 1. The summed E-state index contributed by atoms with van der Waals surface area (Å²) < 4.78 is 10.4. The predicted octanol–water partition coefficient (Wildman–Crippen LogP) is 0.151. The molecule has 1 aliphatic heterocycles. The maximum absolute atomic E-state index is 5.71. The van der Waals surface area contributed by atoms with Crippen molar-refractivity contribution in [3.63, 3.8) is 0 Å². The summed E-state index contributed by atoms with van der Waals surface area (Å²) in [5.41, 5.74) is 0. The van der Waals surface area contributed by atoms with Gasteiger partial charge >= 0.3 is 0 Å². The van der Waals surface area contributed by atoms with Gasteiger partial charge in [0.15, 0.2) is 0 Å². The molecule has 2 N–H and O–H groups in total. The van der Waals surface area contributed by atoms with E-state index in [1.54, 1.807) is 5.01 Å². The number of hydrogen-bond acceptors (Lipinski definition) is 4. The molecule has 0 aromatic rings. The van der Waals surface area contributed by atoms with Crippen LogP contribution in [0.2, 0.25) is 0 Å². The first-order chi connectivity index (χ1) is 5.79. The number of rotatable bonds is 0. The smallest absolute Gasteiger partial charge is 0.146 e. The molecule has 0 aromatic carbocycles. The molecule has 1 aliphatic rings. The first kappa shape index (κ1) is 11.8. The molecule has 1 heterocycles. The fraction of sp³-hybridized carbons (Fsp3) is 0.875. The number of hydrogen-bond donors (Lipinski definition) is 1. The van der Waals surface area contributed by atoms with Crippen molar-refractivity contribution in [1.29, 1.82) is 0 Å². The second-order valence-corrected chi connectivity index (χ2v) is 3.11. The molecule has 0 amide bonds. The second-order valence-electron chi connectivity index (χ2n) is 3.11. The van der Waals surface area contributed by atoms with Crippen LogP contribution >= 0.6 is 0 Å². The van der Waals surface area contributed by atoms with E-state index >= 15 is 0 Å². The summed E-state index contributed by atoms with van der Waals surface area (Å²) in [5.74, 6) is 7.07. The van der Waals surface area contributed by atoms with Crippen molar-refractivity contribution in [2.24, 2.45) is 5.84 Å². The Balaban J connectivity index is 0.00000144. The largest absolute Gasteiger partial charge is 0.358 e. The SMILES string of the molecule is C[C-]1CCOCOCCN(N)C1.[Lr]. The van der Waals surface area contributed by atoms with Crippen molar-refractivity contribution in [2.75, 3.05) is 33.1 Å². The van der Waals surface area contributed by atoms with Crippen LogP contribution in [-0.2, 0) is 9.47 Å². The van der Waals surface area contributed by atoms with Crippen molar-refractivity contribution in [1.82, 2.24) is 5.01 Å². The molecule has 13 heavy (non-hydrogen) atoms. The molecule has 87 valence electrons. The first-order valence-corrected chi connectivity index (χ1v) is 4.25. The van der Waals surface area contributed by atoms with E-state index < -0.39 is 0 Å². The maximum Gasteiger partial charge on any atom is 0.146 e. The summed E-state index contributed by atoms with van der Waals surface area (Å²) in [7, 11) is 0. The Hall–Kier alpha value is -1.16. The van der Waals surface area contributed by atoms with E-state index in [0.717, 1.165) is 26.1 Å². The molecule has 0 unspecified atom stereocenters. The predicted molar refractivity (Wildman–Crippen MR) is 46.1 cm³/mol. The molecule has 4 nitrogen and oxygen atoms in total. The van der Waals surface area contributed by atoms with Crippen LogP contribution in [0.3, 0.4) is 0 Å². The fourth-order valence-corrected chi connectivity index (χ4v) is 1.11. The molecular weight excluding hydrogens is 418 g/mol. The van der Waals surface area contributed by atoms with E-state index in [4.69, 9.17) is 15.3 Å². The van der Waals surface area contributed by atoms with Gasteiger partial charge in [-0.15, -0.1) is 6.54 Å². The van der Waals surface area contributed by atoms with Crippen molar-refractivity contribution < 1.29 is 9.47 Å². The molecule has 1 fully saturated rings. The molecule has 0 bridgehead atoms. The van der Waals surface area contributed by atoms with Crippen molar-refractivity contribution in [3.8, 4) is 0 Å². The summed E-state index contributed by atoms with van der Waals surface area (Å²) in [4.78, 5) is 0. The van der Waals surface area contributed by atoms with Gasteiger partial charge in [-0.2, -0.15) is 13.3 Å². The van der Waals surface area contributed by atoms with Gasteiger partial charge in [0.25, 0.3) is 0 Å². The molecule has 1 rings (SSSR count). The zero-order chi connectivity index (χ0) is 8.81. The van der Waals surface area contributed by atoms with Gasteiger partial charge in [0.1, 0.15) is 6.79 Å². The van der Waals surface area contributed by atoms with Crippen LogP contribution < -0.4 is 5.84 Å². The topological polar surface area (TPSA) is 47.7 Å². The molecular formula is C8H17LrN2O2-. The first-order valence-electron chi connectivity index (χ1n) is 4.25. The average molecular weight is 435 g/mol. The molecule has 0 spiro atoms. The van der Waals surface area contributed by atoms with Crippen molar-refractivity contribution in [3.05, 3.63) is 5.92 Å². The van der Waals surface area contributed by atoms with Gasteiger partial charge < -0.3 is 9.47 Å². The Bertz CT molecular complexity index is 115. The van der Waals surface area contributed by atoms with Gasteiger partial charge in [-0.05, 0) is 0 Å². The minimum Gasteiger partial charge on any atom is -0.358 e. The van der Waals surface area contributed by atoms with E-state index in [2.05, 4.69) is 6.92 Å². The van der Waals surface area contributed by atoms with Gasteiger partial charge in [0.05, 0.1) is 6.61 Å². The van der Waals surface area contributed by atoms with E-state index in [0.29, 0.717) is 13.4 Å².